The summed E-state index contributed by atoms with van der Waals surface area (Å²) >= 11 is 0. The normalized spacial score (nSPS) is 11.7. The third-order valence-electron chi connectivity index (χ3n) is 4.31. The monoisotopic (exact) mass is 330 g/mol. The molecule has 0 heterocycles. The van der Waals surface area contributed by atoms with Crippen LogP contribution in [0.3, 0.4) is 0 Å². The molecule has 0 saturated heterocycles. The minimum absolute atomic E-state index is 0.0461. The van der Waals surface area contributed by atoms with Gasteiger partial charge in [-0.2, -0.15) is 0 Å². The molecule has 0 spiro atoms. The molecule has 0 aliphatic heterocycles. The summed E-state index contributed by atoms with van der Waals surface area (Å²) in [5.74, 6) is 0.817. The minimum Gasteiger partial charge on any atom is -0.489 e. The Bertz CT molecular complexity index is 764. The predicted molar refractivity (Wildman–Crippen MR) is 101 cm³/mol. The van der Waals surface area contributed by atoms with Gasteiger partial charge in [0.15, 0.2) is 0 Å². The van der Waals surface area contributed by atoms with Gasteiger partial charge in [0.05, 0.1) is 0 Å². The van der Waals surface area contributed by atoms with Gasteiger partial charge in [0.1, 0.15) is 18.6 Å². The number of hydrogen-bond acceptors (Lipinski definition) is 2. The highest BCUT2D eigenvalue weighted by Gasteiger charge is 2.10. The molecule has 2 nitrogen and oxygen atoms in total. The van der Waals surface area contributed by atoms with Crippen molar-refractivity contribution in [1.82, 2.24) is 0 Å². The van der Waals surface area contributed by atoms with Crippen molar-refractivity contribution in [1.29, 1.82) is 0 Å². The number of benzene rings is 3. The van der Waals surface area contributed by atoms with E-state index in [0.717, 1.165) is 36.0 Å². The van der Waals surface area contributed by atoms with Crippen molar-refractivity contribution < 1.29 is 9.53 Å². The van der Waals surface area contributed by atoms with E-state index in [1.165, 1.54) is 5.56 Å². The summed E-state index contributed by atoms with van der Waals surface area (Å²) in [5.41, 5.74) is 3.46. The van der Waals surface area contributed by atoms with Crippen molar-refractivity contribution in [2.45, 2.75) is 25.4 Å². The number of aldehydes is 1. The second-order valence-corrected chi connectivity index (χ2v) is 6.11. The van der Waals surface area contributed by atoms with E-state index in [0.29, 0.717) is 6.61 Å². The van der Waals surface area contributed by atoms with Crippen molar-refractivity contribution in [3.05, 3.63) is 102 Å². The van der Waals surface area contributed by atoms with E-state index < -0.39 is 0 Å². The van der Waals surface area contributed by atoms with Gasteiger partial charge in [-0.05, 0) is 41.7 Å². The van der Waals surface area contributed by atoms with E-state index in [2.05, 4.69) is 24.3 Å². The molecule has 0 aromatic heterocycles. The van der Waals surface area contributed by atoms with Crippen LogP contribution < -0.4 is 4.74 Å². The fourth-order valence-corrected chi connectivity index (χ4v) is 2.83. The molecule has 0 aliphatic carbocycles. The fourth-order valence-electron chi connectivity index (χ4n) is 2.83. The molecule has 1 atom stereocenters. The summed E-state index contributed by atoms with van der Waals surface area (Å²) in [6.45, 7) is 0.571. The largest absolute Gasteiger partial charge is 0.489 e. The van der Waals surface area contributed by atoms with Crippen LogP contribution in [-0.4, -0.2) is 6.29 Å². The zero-order valence-corrected chi connectivity index (χ0v) is 14.2. The molecule has 25 heavy (non-hydrogen) atoms. The van der Waals surface area contributed by atoms with E-state index in [1.807, 2.05) is 60.7 Å². The van der Waals surface area contributed by atoms with Gasteiger partial charge in [-0.1, -0.05) is 72.8 Å². The molecule has 1 unspecified atom stereocenters. The Morgan fingerprint density at radius 1 is 0.760 bits per heavy atom. The average molecular weight is 330 g/mol. The molecule has 2 heteroatoms. The lowest BCUT2D eigenvalue weighted by atomic mass is 9.94. The third-order valence-corrected chi connectivity index (χ3v) is 4.31. The highest BCUT2D eigenvalue weighted by Crippen LogP contribution is 2.21. The van der Waals surface area contributed by atoms with Gasteiger partial charge < -0.3 is 9.53 Å². The van der Waals surface area contributed by atoms with Crippen LogP contribution in [0.4, 0.5) is 0 Å². The highest BCUT2D eigenvalue weighted by atomic mass is 16.5. The zero-order chi connectivity index (χ0) is 17.3. The van der Waals surface area contributed by atoms with E-state index in [-0.39, 0.29) is 5.92 Å². The number of hydrogen-bond donors (Lipinski definition) is 0. The van der Waals surface area contributed by atoms with Gasteiger partial charge in [0.25, 0.3) is 0 Å². The summed E-state index contributed by atoms with van der Waals surface area (Å²) in [7, 11) is 0. The van der Waals surface area contributed by atoms with Crippen LogP contribution in [0.15, 0.2) is 84.9 Å². The number of rotatable bonds is 8. The first kappa shape index (κ1) is 17.0. The smallest absolute Gasteiger partial charge is 0.127 e. The molecule has 3 aromatic rings. The maximum Gasteiger partial charge on any atom is 0.127 e. The lowest BCUT2D eigenvalue weighted by Crippen LogP contribution is -2.02. The quantitative estimate of drug-likeness (QED) is 0.532. The van der Waals surface area contributed by atoms with Crippen molar-refractivity contribution in [2.75, 3.05) is 0 Å². The molecule has 0 saturated carbocycles. The lowest BCUT2D eigenvalue weighted by Gasteiger charge is -2.11. The standard InChI is InChI=1S/C23H22O2/c24-17-22(21-9-5-2-6-10-21)14-11-19-12-15-23(16-13-19)25-18-20-7-3-1-4-8-20/h1-10,12-13,15-17,22H,11,14,18H2. The number of aryl methyl sites for hydroxylation is 1. The lowest BCUT2D eigenvalue weighted by molar-refractivity contribution is -0.109. The third kappa shape index (κ3) is 5.05. The van der Waals surface area contributed by atoms with Crippen LogP contribution in [0.5, 0.6) is 5.75 Å². The van der Waals surface area contributed by atoms with Crippen molar-refractivity contribution in [2.24, 2.45) is 0 Å². The van der Waals surface area contributed by atoms with Crippen LogP contribution in [0, 0.1) is 0 Å². The van der Waals surface area contributed by atoms with Crippen LogP contribution in [0.25, 0.3) is 0 Å². The van der Waals surface area contributed by atoms with Crippen LogP contribution >= 0.6 is 0 Å². The van der Waals surface area contributed by atoms with Gasteiger partial charge in [-0.3, -0.25) is 0 Å². The molecule has 3 rings (SSSR count). The maximum atomic E-state index is 11.4. The van der Waals surface area contributed by atoms with Crippen LogP contribution in [-0.2, 0) is 17.8 Å². The zero-order valence-electron chi connectivity index (χ0n) is 14.2. The molecular weight excluding hydrogens is 308 g/mol. The molecule has 0 aliphatic rings. The van der Waals surface area contributed by atoms with E-state index in [4.69, 9.17) is 4.74 Å². The van der Waals surface area contributed by atoms with Crippen LogP contribution in [0.1, 0.15) is 29.0 Å². The molecule has 0 N–H and O–H groups in total. The van der Waals surface area contributed by atoms with Gasteiger partial charge in [0.2, 0.25) is 0 Å². The van der Waals surface area contributed by atoms with Gasteiger partial charge in [-0.25, -0.2) is 0 Å². The molecule has 3 aromatic carbocycles. The second-order valence-electron chi connectivity index (χ2n) is 6.11. The Labute approximate surface area is 149 Å². The van der Waals surface area contributed by atoms with Crippen molar-refractivity contribution in [3.8, 4) is 5.75 Å². The Kier molecular flexibility index (Phi) is 6.00. The average Bonchev–Trinajstić information content (AvgIpc) is 2.69. The predicted octanol–water partition coefficient (Wildman–Crippen LogP) is 5.18. The first-order valence-electron chi connectivity index (χ1n) is 8.61. The molecule has 0 amide bonds. The second kappa shape index (κ2) is 8.84. The number of carbonyl (C=O) groups is 1. The van der Waals surface area contributed by atoms with E-state index in [1.54, 1.807) is 0 Å². The minimum atomic E-state index is -0.0461. The molecule has 0 bridgehead atoms. The summed E-state index contributed by atoms with van der Waals surface area (Å²) in [4.78, 5) is 11.4. The molecule has 0 fully saturated rings. The molecular formula is C23H22O2. The Morgan fingerprint density at radius 3 is 2.04 bits per heavy atom. The topological polar surface area (TPSA) is 26.3 Å². The summed E-state index contributed by atoms with van der Waals surface area (Å²) in [6, 6.07) is 28.2. The molecule has 0 radical (unpaired) electrons. The Balaban J connectivity index is 1.53. The first-order valence-corrected chi connectivity index (χ1v) is 8.61. The summed E-state index contributed by atoms with van der Waals surface area (Å²) in [6.07, 6.45) is 2.74. The highest BCUT2D eigenvalue weighted by molar-refractivity contribution is 5.62. The fraction of sp³-hybridized carbons (Fsp3) is 0.174. The van der Waals surface area contributed by atoms with Gasteiger partial charge in [0, 0.05) is 5.92 Å². The van der Waals surface area contributed by atoms with Crippen molar-refractivity contribution >= 4 is 6.29 Å². The maximum absolute atomic E-state index is 11.4. The molecule has 126 valence electrons. The SMILES string of the molecule is O=CC(CCc1ccc(OCc2ccccc2)cc1)c1ccccc1. The van der Waals surface area contributed by atoms with Gasteiger partial charge in [-0.15, -0.1) is 0 Å². The van der Waals surface area contributed by atoms with Gasteiger partial charge >= 0.3 is 0 Å². The van der Waals surface area contributed by atoms with E-state index >= 15 is 0 Å². The number of ether oxygens (including phenoxy) is 1. The first-order chi connectivity index (χ1) is 12.3. The Hall–Kier alpha value is -2.87. The van der Waals surface area contributed by atoms with Crippen molar-refractivity contribution in [3.63, 3.8) is 0 Å². The van der Waals surface area contributed by atoms with E-state index in [9.17, 15) is 4.79 Å². The Morgan fingerprint density at radius 2 is 1.40 bits per heavy atom. The number of carbonyl (C=O) groups excluding carboxylic acids is 1. The van der Waals surface area contributed by atoms with Crippen LogP contribution in [0.2, 0.25) is 0 Å². The summed E-state index contributed by atoms with van der Waals surface area (Å²) < 4.78 is 5.81. The summed E-state index contributed by atoms with van der Waals surface area (Å²) in [5, 5.41) is 0.